The summed E-state index contributed by atoms with van der Waals surface area (Å²) in [6, 6.07) is -2.58. The van der Waals surface area contributed by atoms with Gasteiger partial charge >= 0.3 is 12.0 Å². The van der Waals surface area contributed by atoms with Crippen LogP contribution >= 0.6 is 0 Å². The normalized spacial score (nSPS) is 13.5. The predicted octanol–water partition coefficient (Wildman–Crippen LogP) is -1.08. The van der Waals surface area contributed by atoms with E-state index in [2.05, 4.69) is 20.8 Å². The first kappa shape index (κ1) is 25.2. The lowest BCUT2D eigenvalue weighted by Gasteiger charge is -2.16. The number of nitrogens with one attached hydrogen (secondary N) is 2. The molecule has 160 valence electrons. The number of amides is 2. The monoisotopic (exact) mass is 404 g/mol. The quantitative estimate of drug-likeness (QED) is 0.232. The van der Waals surface area contributed by atoms with Crippen molar-refractivity contribution in [2.24, 2.45) is 11.5 Å². The van der Waals surface area contributed by atoms with Crippen LogP contribution in [0.4, 0.5) is 4.79 Å². The number of aliphatic hydroxyl groups is 1. The molecule has 0 saturated carbocycles. The molecule has 0 fully saturated rings. The summed E-state index contributed by atoms with van der Waals surface area (Å²) in [5.74, 6) is -1.71. The second-order valence-corrected chi connectivity index (χ2v) is 5.84. The van der Waals surface area contributed by atoms with Gasteiger partial charge in [-0.25, -0.2) is 9.59 Å². The molecule has 0 aliphatic heterocycles. The zero-order valence-corrected chi connectivity index (χ0v) is 15.8. The van der Waals surface area contributed by atoms with Crippen LogP contribution in [-0.4, -0.2) is 62.1 Å². The largest absolute Gasteiger partial charge is 0.481 e. The van der Waals surface area contributed by atoms with Gasteiger partial charge in [-0.3, -0.25) is 4.79 Å². The van der Waals surface area contributed by atoms with E-state index >= 15 is 0 Å². The fourth-order valence-electron chi connectivity index (χ4n) is 1.86. The van der Waals surface area contributed by atoms with E-state index in [-0.39, 0.29) is 18.5 Å². The van der Waals surface area contributed by atoms with Gasteiger partial charge in [0.15, 0.2) is 11.9 Å². The predicted molar refractivity (Wildman–Crippen MR) is 95.9 cm³/mol. The zero-order chi connectivity index (χ0) is 21.7. The van der Waals surface area contributed by atoms with Gasteiger partial charge in [0.2, 0.25) is 5.89 Å². The first-order chi connectivity index (χ1) is 13.1. The Kier molecular flexibility index (Phi) is 12.1. The van der Waals surface area contributed by atoms with Gasteiger partial charge in [-0.1, -0.05) is 11.6 Å². The molecule has 0 aromatic carbocycles. The van der Waals surface area contributed by atoms with E-state index in [1.165, 1.54) is 6.92 Å². The van der Waals surface area contributed by atoms with Crippen molar-refractivity contribution in [3.63, 3.8) is 0 Å². The Morgan fingerprint density at radius 2 is 1.86 bits per heavy atom. The minimum absolute atomic E-state index is 0.0967. The van der Waals surface area contributed by atoms with Crippen molar-refractivity contribution in [3.05, 3.63) is 11.7 Å². The molecule has 1 aromatic rings. The van der Waals surface area contributed by atoms with Crippen LogP contribution in [0, 0.1) is 0 Å². The molecule has 9 N–H and O–H groups in total. The summed E-state index contributed by atoms with van der Waals surface area (Å²) in [5.41, 5.74) is 11.3. The molecule has 0 aliphatic rings. The number of nitrogens with two attached hydrogens (primary N) is 2. The fraction of sp³-hybridized carbons (Fsp3) is 0.667. The highest BCUT2D eigenvalue weighted by atomic mass is 16.5. The van der Waals surface area contributed by atoms with Crippen molar-refractivity contribution in [2.45, 2.75) is 57.8 Å². The molecule has 3 atom stereocenters. The summed E-state index contributed by atoms with van der Waals surface area (Å²) >= 11 is 0. The minimum Gasteiger partial charge on any atom is -0.481 e. The highest BCUT2D eigenvalue weighted by molar-refractivity contribution is 5.82. The summed E-state index contributed by atoms with van der Waals surface area (Å²) in [6.07, 6.45) is 1.13. The zero-order valence-electron chi connectivity index (χ0n) is 15.8. The minimum atomic E-state index is -1.42. The number of aromatic nitrogens is 2. The van der Waals surface area contributed by atoms with Crippen LogP contribution in [0.5, 0.6) is 0 Å². The number of urea groups is 1. The number of carboxylic acid groups (broad SMARTS) is 2. The Morgan fingerprint density at radius 3 is 2.36 bits per heavy atom. The van der Waals surface area contributed by atoms with E-state index in [0.29, 0.717) is 18.8 Å². The van der Waals surface area contributed by atoms with Gasteiger partial charge in [-0.2, -0.15) is 4.98 Å². The van der Waals surface area contributed by atoms with Gasteiger partial charge in [0.25, 0.3) is 5.97 Å². The number of nitrogens with zero attached hydrogens (tertiary/aromatic N) is 2. The number of carboxylic acids is 2. The Balaban J connectivity index is 0.00000165. The molecular weight excluding hydrogens is 376 g/mol. The van der Waals surface area contributed by atoms with Crippen molar-refractivity contribution < 1.29 is 34.2 Å². The third kappa shape index (κ3) is 11.1. The van der Waals surface area contributed by atoms with Crippen LogP contribution in [0.25, 0.3) is 0 Å². The highest BCUT2D eigenvalue weighted by Gasteiger charge is 2.25. The first-order valence-electron chi connectivity index (χ1n) is 8.51. The number of rotatable bonds is 10. The van der Waals surface area contributed by atoms with Crippen molar-refractivity contribution in [1.29, 1.82) is 0 Å². The highest BCUT2D eigenvalue weighted by Crippen LogP contribution is 2.13. The molecule has 1 rings (SSSR count). The van der Waals surface area contributed by atoms with Crippen LogP contribution in [0.2, 0.25) is 0 Å². The molecule has 0 radical (unpaired) electrons. The van der Waals surface area contributed by atoms with Crippen molar-refractivity contribution in [1.82, 2.24) is 20.8 Å². The number of hydrogen-bond acceptors (Lipinski definition) is 9. The summed E-state index contributed by atoms with van der Waals surface area (Å²) in [7, 11) is 0. The molecule has 3 unspecified atom stereocenters. The fourth-order valence-corrected chi connectivity index (χ4v) is 1.86. The Labute approximate surface area is 161 Å². The summed E-state index contributed by atoms with van der Waals surface area (Å²) < 4.78 is 4.97. The topological polar surface area (TPSA) is 227 Å². The van der Waals surface area contributed by atoms with Crippen LogP contribution < -0.4 is 22.1 Å². The number of hydrogen-bond donors (Lipinski definition) is 7. The Hall–Kier alpha value is -2.77. The van der Waals surface area contributed by atoms with Crippen molar-refractivity contribution >= 4 is 18.0 Å². The Morgan fingerprint density at radius 1 is 1.25 bits per heavy atom. The summed E-state index contributed by atoms with van der Waals surface area (Å²) in [6.45, 7) is 2.84. The number of unbranched alkanes of at least 4 members (excludes halogenated alkanes) is 1. The van der Waals surface area contributed by atoms with Crippen molar-refractivity contribution in [2.75, 3.05) is 6.54 Å². The lowest BCUT2D eigenvalue weighted by molar-refractivity contribution is -0.141. The molecule has 1 heterocycles. The van der Waals surface area contributed by atoms with Crippen LogP contribution in [0.3, 0.4) is 0 Å². The van der Waals surface area contributed by atoms with Gasteiger partial charge < -0.3 is 41.9 Å². The molecule has 0 aliphatic carbocycles. The third-order valence-electron chi connectivity index (χ3n) is 3.22. The van der Waals surface area contributed by atoms with E-state index in [1.54, 1.807) is 0 Å². The van der Waals surface area contributed by atoms with Crippen molar-refractivity contribution in [3.8, 4) is 0 Å². The standard InChI is InChI=1S/C13H24N6O5.C2H4O2/c1-7(20)10(12(21)22)18-13(23)16-6-9-17-11(19-24-9)8(15)4-2-3-5-14;1-2(3)4/h7-8,10,20H,2-6,14-15H2,1H3,(H,21,22)(H2,16,18,23);1H3,(H,3,4). The van der Waals surface area contributed by atoms with Gasteiger partial charge in [0.1, 0.15) is 0 Å². The van der Waals surface area contributed by atoms with Gasteiger partial charge in [0, 0.05) is 6.92 Å². The van der Waals surface area contributed by atoms with Gasteiger partial charge in [0.05, 0.1) is 18.7 Å². The molecular formula is C15H28N6O7. The lowest BCUT2D eigenvalue weighted by atomic mass is 10.1. The van der Waals surface area contributed by atoms with Gasteiger partial charge in [-0.05, 0) is 26.3 Å². The number of aliphatic hydroxyl groups excluding tert-OH is 1. The van der Waals surface area contributed by atoms with Crippen LogP contribution in [-0.2, 0) is 16.1 Å². The summed E-state index contributed by atoms with van der Waals surface area (Å²) in [4.78, 5) is 35.6. The van der Waals surface area contributed by atoms with E-state index in [1.807, 2.05) is 0 Å². The SMILES string of the molecule is CC(=O)O.CC(O)C(NC(=O)NCc1nc(C(N)CCCCN)no1)C(=O)O. The maximum absolute atomic E-state index is 11.6. The third-order valence-corrected chi connectivity index (χ3v) is 3.22. The van der Waals surface area contributed by atoms with Crippen LogP contribution in [0.15, 0.2) is 4.52 Å². The summed E-state index contributed by atoms with van der Waals surface area (Å²) in [5, 5.41) is 33.8. The number of aliphatic carboxylic acids is 2. The van der Waals surface area contributed by atoms with Gasteiger partial charge in [-0.15, -0.1) is 0 Å². The van der Waals surface area contributed by atoms with E-state index < -0.39 is 30.1 Å². The molecule has 0 saturated heterocycles. The van der Waals surface area contributed by atoms with E-state index in [9.17, 15) is 14.7 Å². The second-order valence-electron chi connectivity index (χ2n) is 5.84. The molecule has 2 amide bonds. The first-order valence-corrected chi connectivity index (χ1v) is 8.51. The number of carbonyl (C=O) groups excluding carboxylic acids is 1. The molecule has 0 spiro atoms. The molecule has 28 heavy (non-hydrogen) atoms. The van der Waals surface area contributed by atoms with Crippen LogP contribution in [0.1, 0.15) is 50.9 Å². The molecule has 1 aromatic heterocycles. The molecule has 13 heteroatoms. The van der Waals surface area contributed by atoms with E-state index in [0.717, 1.165) is 19.8 Å². The Bertz CT molecular complexity index is 618. The average molecular weight is 404 g/mol. The maximum atomic E-state index is 11.6. The number of carbonyl (C=O) groups is 3. The maximum Gasteiger partial charge on any atom is 0.328 e. The second kappa shape index (κ2) is 13.4. The molecule has 0 bridgehead atoms. The smallest absolute Gasteiger partial charge is 0.328 e. The molecule has 13 nitrogen and oxygen atoms in total. The van der Waals surface area contributed by atoms with E-state index in [4.69, 9.17) is 31.0 Å². The lowest BCUT2D eigenvalue weighted by Crippen LogP contribution is -2.51. The average Bonchev–Trinajstić information content (AvgIpc) is 3.06.